The first-order valence-electron chi connectivity index (χ1n) is 6.43. The number of aryl methyl sites for hydroxylation is 2. The van der Waals surface area contributed by atoms with Crippen molar-refractivity contribution in [3.63, 3.8) is 0 Å². The second-order valence-corrected chi connectivity index (χ2v) is 5.98. The van der Waals surface area contributed by atoms with Gasteiger partial charge in [0.15, 0.2) is 0 Å². The van der Waals surface area contributed by atoms with Gasteiger partial charge in [0.05, 0.1) is 18.8 Å². The van der Waals surface area contributed by atoms with Gasteiger partial charge in [-0.15, -0.1) is 0 Å². The third-order valence-corrected chi connectivity index (χ3v) is 4.59. The second kappa shape index (κ2) is 6.57. The molecule has 2 unspecified atom stereocenters. The smallest absolute Gasteiger partial charge is 0.0835 e. The Labute approximate surface area is 113 Å². The standard InChI is InChI=1S/C14H22N2OS/c1-10-4-3-5-11(2)12(10)8-13(16-15)14-9-18-7-6-17-14/h3-5,13-14,16H,6-9,15H2,1-2H3. The van der Waals surface area contributed by atoms with Crippen molar-refractivity contribution < 1.29 is 4.74 Å². The number of hydrazine groups is 1. The normalized spacial score (nSPS) is 21.8. The number of nitrogens with one attached hydrogen (secondary N) is 1. The van der Waals surface area contributed by atoms with Crippen LogP contribution in [0.25, 0.3) is 0 Å². The van der Waals surface area contributed by atoms with Crippen molar-refractivity contribution in [2.24, 2.45) is 5.84 Å². The first kappa shape index (κ1) is 13.9. The van der Waals surface area contributed by atoms with Crippen LogP contribution in [0.15, 0.2) is 18.2 Å². The lowest BCUT2D eigenvalue weighted by molar-refractivity contribution is 0.0471. The van der Waals surface area contributed by atoms with Gasteiger partial charge in [-0.3, -0.25) is 11.3 Å². The fourth-order valence-electron chi connectivity index (χ4n) is 2.43. The molecule has 2 rings (SSSR count). The van der Waals surface area contributed by atoms with Crippen molar-refractivity contribution >= 4 is 11.8 Å². The molecule has 4 heteroatoms. The lowest BCUT2D eigenvalue weighted by atomic mass is 9.94. The minimum atomic E-state index is 0.192. The molecule has 0 radical (unpaired) electrons. The van der Waals surface area contributed by atoms with Gasteiger partial charge in [-0.05, 0) is 37.0 Å². The van der Waals surface area contributed by atoms with Crippen LogP contribution in [0, 0.1) is 13.8 Å². The average Bonchev–Trinajstić information content (AvgIpc) is 2.40. The van der Waals surface area contributed by atoms with Gasteiger partial charge in [0.25, 0.3) is 0 Å². The van der Waals surface area contributed by atoms with E-state index in [1.165, 1.54) is 16.7 Å². The summed E-state index contributed by atoms with van der Waals surface area (Å²) in [5.74, 6) is 7.83. The molecule has 3 N–H and O–H groups in total. The molecule has 0 bridgehead atoms. The minimum absolute atomic E-state index is 0.192. The summed E-state index contributed by atoms with van der Waals surface area (Å²) in [6.07, 6.45) is 1.15. The third kappa shape index (κ3) is 3.26. The van der Waals surface area contributed by atoms with E-state index >= 15 is 0 Å². The number of ether oxygens (including phenoxy) is 1. The summed E-state index contributed by atoms with van der Waals surface area (Å²) in [5.41, 5.74) is 6.99. The Morgan fingerprint density at radius 1 is 1.44 bits per heavy atom. The van der Waals surface area contributed by atoms with E-state index in [1.54, 1.807) is 0 Å². The molecule has 0 saturated carbocycles. The molecule has 1 aromatic carbocycles. The second-order valence-electron chi connectivity index (χ2n) is 4.83. The van der Waals surface area contributed by atoms with Crippen LogP contribution < -0.4 is 11.3 Å². The van der Waals surface area contributed by atoms with Crippen molar-refractivity contribution in [3.05, 3.63) is 34.9 Å². The molecule has 3 nitrogen and oxygen atoms in total. The molecule has 1 fully saturated rings. The van der Waals surface area contributed by atoms with Crippen molar-refractivity contribution in [1.29, 1.82) is 0 Å². The van der Waals surface area contributed by atoms with Crippen LogP contribution in [0.5, 0.6) is 0 Å². The Bertz CT molecular complexity index is 371. The van der Waals surface area contributed by atoms with Gasteiger partial charge >= 0.3 is 0 Å². The molecule has 1 aliphatic heterocycles. The van der Waals surface area contributed by atoms with Crippen LogP contribution in [-0.4, -0.2) is 30.3 Å². The highest BCUT2D eigenvalue weighted by Crippen LogP contribution is 2.21. The Balaban J connectivity index is 2.09. The molecule has 1 aliphatic rings. The van der Waals surface area contributed by atoms with Gasteiger partial charge in [0.2, 0.25) is 0 Å². The topological polar surface area (TPSA) is 47.3 Å². The fraction of sp³-hybridized carbons (Fsp3) is 0.571. The molecule has 0 amide bonds. The first-order valence-corrected chi connectivity index (χ1v) is 7.58. The summed E-state index contributed by atoms with van der Waals surface area (Å²) in [7, 11) is 0. The maximum atomic E-state index is 5.82. The van der Waals surface area contributed by atoms with E-state index in [4.69, 9.17) is 10.6 Å². The van der Waals surface area contributed by atoms with Gasteiger partial charge in [-0.25, -0.2) is 0 Å². The Morgan fingerprint density at radius 2 is 2.17 bits per heavy atom. The van der Waals surface area contributed by atoms with Crippen LogP contribution in [0.4, 0.5) is 0 Å². The van der Waals surface area contributed by atoms with Crippen molar-refractivity contribution in [2.75, 3.05) is 18.1 Å². The molecule has 1 aromatic rings. The van der Waals surface area contributed by atoms with E-state index in [0.29, 0.717) is 0 Å². The van der Waals surface area contributed by atoms with Gasteiger partial charge < -0.3 is 4.74 Å². The lowest BCUT2D eigenvalue weighted by Gasteiger charge is -2.30. The number of hydrogen-bond donors (Lipinski definition) is 2. The molecular formula is C14H22N2OS. The fourth-order valence-corrected chi connectivity index (χ4v) is 3.37. The van der Waals surface area contributed by atoms with Crippen LogP contribution in [0.2, 0.25) is 0 Å². The first-order chi connectivity index (χ1) is 8.72. The summed E-state index contributed by atoms with van der Waals surface area (Å²) in [6, 6.07) is 6.61. The monoisotopic (exact) mass is 266 g/mol. The SMILES string of the molecule is Cc1cccc(C)c1CC(NN)C1CSCCO1. The molecule has 1 heterocycles. The van der Waals surface area contributed by atoms with E-state index in [0.717, 1.165) is 24.5 Å². The number of hydrogen-bond acceptors (Lipinski definition) is 4. The van der Waals surface area contributed by atoms with Crippen molar-refractivity contribution in [1.82, 2.24) is 5.43 Å². The maximum absolute atomic E-state index is 5.82. The van der Waals surface area contributed by atoms with E-state index in [9.17, 15) is 0 Å². The zero-order valence-corrected chi connectivity index (χ0v) is 11.9. The Morgan fingerprint density at radius 3 is 2.72 bits per heavy atom. The Kier molecular flexibility index (Phi) is 5.06. The van der Waals surface area contributed by atoms with E-state index in [-0.39, 0.29) is 12.1 Å². The summed E-state index contributed by atoms with van der Waals surface area (Å²) in [5, 5.41) is 0. The summed E-state index contributed by atoms with van der Waals surface area (Å²) in [4.78, 5) is 0. The highest BCUT2D eigenvalue weighted by atomic mass is 32.2. The third-order valence-electron chi connectivity index (χ3n) is 3.57. The molecule has 18 heavy (non-hydrogen) atoms. The molecular weight excluding hydrogens is 244 g/mol. The molecule has 0 aromatic heterocycles. The summed E-state index contributed by atoms with van der Waals surface area (Å²) < 4.78 is 5.82. The predicted molar refractivity (Wildman–Crippen MR) is 77.8 cm³/mol. The number of benzene rings is 1. The van der Waals surface area contributed by atoms with Crippen LogP contribution in [0.3, 0.4) is 0 Å². The molecule has 0 aliphatic carbocycles. The van der Waals surface area contributed by atoms with Gasteiger partial charge in [0, 0.05) is 11.5 Å². The van der Waals surface area contributed by atoms with Gasteiger partial charge in [0.1, 0.15) is 0 Å². The number of rotatable bonds is 4. The molecule has 0 spiro atoms. The molecule has 100 valence electrons. The zero-order chi connectivity index (χ0) is 13.0. The molecule has 2 atom stereocenters. The van der Waals surface area contributed by atoms with Crippen molar-refractivity contribution in [3.8, 4) is 0 Å². The van der Waals surface area contributed by atoms with Crippen molar-refractivity contribution in [2.45, 2.75) is 32.4 Å². The van der Waals surface area contributed by atoms with E-state index < -0.39 is 0 Å². The van der Waals surface area contributed by atoms with Gasteiger partial charge in [-0.2, -0.15) is 11.8 Å². The number of thioether (sulfide) groups is 1. The quantitative estimate of drug-likeness (QED) is 0.644. The lowest BCUT2D eigenvalue weighted by Crippen LogP contribution is -2.49. The average molecular weight is 266 g/mol. The summed E-state index contributed by atoms with van der Waals surface area (Å²) in [6.45, 7) is 5.15. The Hall–Kier alpha value is -0.550. The maximum Gasteiger partial charge on any atom is 0.0835 e. The highest BCUT2D eigenvalue weighted by Gasteiger charge is 2.25. The van der Waals surface area contributed by atoms with Crippen LogP contribution in [-0.2, 0) is 11.2 Å². The predicted octanol–water partition coefficient (Wildman–Crippen LogP) is 1.81. The zero-order valence-electron chi connectivity index (χ0n) is 11.1. The van der Waals surface area contributed by atoms with Crippen LogP contribution in [0.1, 0.15) is 16.7 Å². The molecule has 1 saturated heterocycles. The van der Waals surface area contributed by atoms with Crippen LogP contribution >= 0.6 is 11.8 Å². The van der Waals surface area contributed by atoms with E-state index in [1.807, 2.05) is 11.8 Å². The largest absolute Gasteiger partial charge is 0.375 e. The number of nitrogens with two attached hydrogens (primary N) is 1. The summed E-state index contributed by atoms with van der Waals surface area (Å²) >= 11 is 1.95. The highest BCUT2D eigenvalue weighted by molar-refractivity contribution is 7.99. The minimum Gasteiger partial charge on any atom is -0.375 e. The van der Waals surface area contributed by atoms with Gasteiger partial charge in [-0.1, -0.05) is 18.2 Å². The van der Waals surface area contributed by atoms with E-state index in [2.05, 4.69) is 37.5 Å².